The number of likely N-dealkylation sites (tertiary alicyclic amines) is 1. The maximum atomic E-state index is 12.6. The van der Waals surface area contributed by atoms with E-state index in [2.05, 4.69) is 20.8 Å². The molecule has 2 rings (SSSR count). The van der Waals surface area contributed by atoms with Crippen molar-refractivity contribution in [2.24, 2.45) is 5.92 Å². The van der Waals surface area contributed by atoms with Gasteiger partial charge in [-0.2, -0.15) is 5.26 Å². The van der Waals surface area contributed by atoms with Crippen molar-refractivity contribution in [2.45, 2.75) is 45.4 Å². The van der Waals surface area contributed by atoms with Crippen LogP contribution < -0.4 is 0 Å². The van der Waals surface area contributed by atoms with E-state index in [1.54, 1.807) is 17.0 Å². The fraction of sp³-hybridized carbons (Fsp3) is 0.526. The maximum absolute atomic E-state index is 12.6. The molecule has 4 heteroatoms. The van der Waals surface area contributed by atoms with Crippen LogP contribution in [0.15, 0.2) is 24.3 Å². The summed E-state index contributed by atoms with van der Waals surface area (Å²) in [5, 5.41) is 9.32. The van der Waals surface area contributed by atoms with Crippen LogP contribution in [0.2, 0.25) is 0 Å². The second-order valence-corrected chi connectivity index (χ2v) is 7.14. The average molecular weight is 312 g/mol. The largest absolute Gasteiger partial charge is 0.341 e. The van der Waals surface area contributed by atoms with Crippen LogP contribution >= 0.6 is 0 Å². The molecule has 0 saturated carbocycles. The van der Waals surface area contributed by atoms with Crippen molar-refractivity contribution >= 4 is 11.7 Å². The van der Waals surface area contributed by atoms with Crippen molar-refractivity contribution in [2.75, 3.05) is 13.1 Å². The first kappa shape index (κ1) is 17.2. The molecule has 0 aromatic heterocycles. The summed E-state index contributed by atoms with van der Waals surface area (Å²) in [5.74, 6) is -1.98. The zero-order valence-corrected chi connectivity index (χ0v) is 14.1. The number of piperidine rings is 1. The molecule has 1 amide bonds. The summed E-state index contributed by atoms with van der Waals surface area (Å²) >= 11 is 0. The van der Waals surface area contributed by atoms with Gasteiger partial charge in [-0.25, -0.2) is 0 Å². The van der Waals surface area contributed by atoms with E-state index in [0.717, 1.165) is 24.8 Å². The van der Waals surface area contributed by atoms with Crippen molar-refractivity contribution in [1.82, 2.24) is 4.90 Å². The highest BCUT2D eigenvalue weighted by molar-refractivity contribution is 6.12. The average Bonchev–Trinajstić information content (AvgIpc) is 2.55. The van der Waals surface area contributed by atoms with Crippen molar-refractivity contribution in [3.05, 3.63) is 35.4 Å². The molecule has 1 atom stereocenters. The fourth-order valence-electron chi connectivity index (χ4n) is 2.82. The quantitative estimate of drug-likeness (QED) is 0.635. The molecule has 1 heterocycles. The predicted octanol–water partition coefficient (Wildman–Crippen LogP) is 3.32. The molecule has 4 nitrogen and oxygen atoms in total. The number of hydrogen-bond acceptors (Lipinski definition) is 3. The Morgan fingerprint density at radius 2 is 1.65 bits per heavy atom. The maximum Gasteiger partial charge on any atom is 0.247 e. The number of carbonyl (C=O) groups excluding carboxylic acids is 2. The van der Waals surface area contributed by atoms with E-state index < -0.39 is 11.7 Å². The summed E-state index contributed by atoms with van der Waals surface area (Å²) < 4.78 is 0. The summed E-state index contributed by atoms with van der Waals surface area (Å²) in [4.78, 5) is 26.7. The number of hydrogen-bond donors (Lipinski definition) is 0. The third-order valence-corrected chi connectivity index (χ3v) is 4.34. The number of ketones is 1. The summed E-state index contributed by atoms with van der Waals surface area (Å²) in [6.45, 7) is 7.59. The van der Waals surface area contributed by atoms with Crippen molar-refractivity contribution in [1.29, 1.82) is 5.26 Å². The van der Waals surface area contributed by atoms with E-state index >= 15 is 0 Å². The number of carbonyl (C=O) groups is 2. The van der Waals surface area contributed by atoms with Gasteiger partial charge in [-0.3, -0.25) is 9.59 Å². The molecule has 1 fully saturated rings. The molecular weight excluding hydrogens is 288 g/mol. The minimum Gasteiger partial charge on any atom is -0.341 e. The van der Waals surface area contributed by atoms with E-state index in [1.165, 1.54) is 0 Å². The highest BCUT2D eigenvalue weighted by Crippen LogP contribution is 2.23. The van der Waals surface area contributed by atoms with Crippen molar-refractivity contribution in [3.63, 3.8) is 0 Å². The van der Waals surface area contributed by atoms with Crippen LogP contribution in [-0.4, -0.2) is 29.7 Å². The topological polar surface area (TPSA) is 61.2 Å². The molecule has 23 heavy (non-hydrogen) atoms. The Bertz CT molecular complexity index is 614. The van der Waals surface area contributed by atoms with E-state index in [9.17, 15) is 14.9 Å². The van der Waals surface area contributed by atoms with Gasteiger partial charge in [0, 0.05) is 18.7 Å². The van der Waals surface area contributed by atoms with Gasteiger partial charge in [0.05, 0.1) is 6.07 Å². The Morgan fingerprint density at radius 3 is 2.13 bits per heavy atom. The third-order valence-electron chi connectivity index (χ3n) is 4.34. The van der Waals surface area contributed by atoms with Crippen LogP contribution in [0.25, 0.3) is 0 Å². The minimum absolute atomic E-state index is 0.000171. The lowest BCUT2D eigenvalue weighted by molar-refractivity contribution is -0.133. The second-order valence-electron chi connectivity index (χ2n) is 7.14. The van der Waals surface area contributed by atoms with Gasteiger partial charge in [0.25, 0.3) is 0 Å². The molecule has 0 aliphatic carbocycles. The molecular formula is C19H24N2O2. The van der Waals surface area contributed by atoms with Gasteiger partial charge in [0.2, 0.25) is 5.91 Å². The summed E-state index contributed by atoms with van der Waals surface area (Å²) in [6, 6.07) is 9.13. The standard InChI is InChI=1S/C19H24N2O2/c1-19(2,3)15-9-7-14(8-10-15)17(22)16(13-20)18(23)21-11-5-4-6-12-21/h7-10,16H,4-6,11-12H2,1-3H3/t16-/m0/s1. The van der Waals surface area contributed by atoms with Crippen LogP contribution in [0.4, 0.5) is 0 Å². The zero-order chi connectivity index (χ0) is 17.0. The number of nitrogens with zero attached hydrogens (tertiary/aromatic N) is 2. The minimum atomic E-state index is -1.23. The first-order valence-electron chi connectivity index (χ1n) is 8.18. The molecule has 1 aromatic carbocycles. The zero-order valence-electron chi connectivity index (χ0n) is 14.1. The third kappa shape index (κ3) is 3.98. The number of Topliss-reactive ketones (excluding diaryl/α,β-unsaturated/α-hetero) is 1. The molecule has 0 N–H and O–H groups in total. The lowest BCUT2D eigenvalue weighted by Gasteiger charge is -2.28. The second kappa shape index (κ2) is 6.95. The first-order chi connectivity index (χ1) is 10.8. The predicted molar refractivity (Wildman–Crippen MR) is 89.0 cm³/mol. The Kier molecular flexibility index (Phi) is 5.20. The van der Waals surface area contributed by atoms with Crippen molar-refractivity contribution < 1.29 is 9.59 Å². The molecule has 122 valence electrons. The van der Waals surface area contributed by atoms with Crippen LogP contribution in [0.3, 0.4) is 0 Å². The molecule has 0 unspecified atom stereocenters. The van der Waals surface area contributed by atoms with Gasteiger partial charge in [-0.15, -0.1) is 0 Å². The van der Waals surface area contributed by atoms with Crippen LogP contribution in [-0.2, 0) is 10.2 Å². The molecule has 1 aliphatic heterocycles. The SMILES string of the molecule is CC(C)(C)c1ccc(C(=O)[C@H](C#N)C(=O)N2CCCCC2)cc1. The Labute approximate surface area is 138 Å². The smallest absolute Gasteiger partial charge is 0.247 e. The normalized spacial score (nSPS) is 16.5. The van der Waals surface area contributed by atoms with Crippen LogP contribution in [0.5, 0.6) is 0 Å². The van der Waals surface area contributed by atoms with Crippen LogP contribution in [0.1, 0.15) is 56.0 Å². The lowest BCUT2D eigenvalue weighted by atomic mass is 9.86. The van der Waals surface area contributed by atoms with E-state index in [1.807, 2.05) is 18.2 Å². The van der Waals surface area contributed by atoms with E-state index in [0.29, 0.717) is 18.7 Å². The fourth-order valence-corrected chi connectivity index (χ4v) is 2.82. The summed E-state index contributed by atoms with van der Waals surface area (Å²) in [5.41, 5.74) is 1.54. The highest BCUT2D eigenvalue weighted by Gasteiger charge is 2.32. The van der Waals surface area contributed by atoms with E-state index in [-0.39, 0.29) is 11.3 Å². The summed E-state index contributed by atoms with van der Waals surface area (Å²) in [7, 11) is 0. The highest BCUT2D eigenvalue weighted by atomic mass is 16.2. The molecule has 0 radical (unpaired) electrons. The number of benzene rings is 1. The van der Waals surface area contributed by atoms with Gasteiger partial charge in [0.15, 0.2) is 11.7 Å². The lowest BCUT2D eigenvalue weighted by Crippen LogP contribution is -2.41. The van der Waals surface area contributed by atoms with Crippen LogP contribution in [0, 0.1) is 17.2 Å². The molecule has 1 aliphatic rings. The van der Waals surface area contributed by atoms with Crippen molar-refractivity contribution in [3.8, 4) is 6.07 Å². The monoisotopic (exact) mass is 312 g/mol. The van der Waals surface area contributed by atoms with Gasteiger partial charge in [-0.1, -0.05) is 45.0 Å². The number of nitriles is 1. The van der Waals surface area contributed by atoms with E-state index in [4.69, 9.17) is 0 Å². The Balaban J connectivity index is 2.16. The number of rotatable bonds is 3. The van der Waals surface area contributed by atoms with Gasteiger partial charge >= 0.3 is 0 Å². The Hall–Kier alpha value is -2.15. The van der Waals surface area contributed by atoms with Gasteiger partial charge in [0.1, 0.15) is 0 Å². The van der Waals surface area contributed by atoms with Gasteiger partial charge < -0.3 is 4.90 Å². The molecule has 0 spiro atoms. The Morgan fingerprint density at radius 1 is 1.09 bits per heavy atom. The molecule has 1 aromatic rings. The number of amides is 1. The summed E-state index contributed by atoms with van der Waals surface area (Å²) in [6.07, 6.45) is 2.99. The molecule has 0 bridgehead atoms. The van der Waals surface area contributed by atoms with Gasteiger partial charge in [-0.05, 0) is 30.2 Å². The molecule has 1 saturated heterocycles. The first-order valence-corrected chi connectivity index (χ1v) is 8.18.